The quantitative estimate of drug-likeness (QED) is 0.158. The molecule has 1 amide bonds. The third kappa shape index (κ3) is 6.56. The number of carbonyl (C=O) groups excluding carboxylic acids is 2. The average molecular weight is 441 g/mol. The smallest absolute Gasteiger partial charge is 0.228 e. The molecule has 3 aromatic rings. The topological polar surface area (TPSA) is 162 Å². The second-order valence-corrected chi connectivity index (χ2v) is 6.99. The molecular weight excluding hydrogens is 422 g/mol. The van der Waals surface area contributed by atoms with E-state index < -0.39 is 0 Å². The van der Waals surface area contributed by atoms with Crippen molar-refractivity contribution in [3.05, 3.63) is 104 Å². The molecule has 0 atom stereocenters. The molecule has 2 aromatic carbocycles. The van der Waals surface area contributed by atoms with Crippen LogP contribution in [0, 0.1) is 0 Å². The van der Waals surface area contributed by atoms with E-state index in [0.29, 0.717) is 22.8 Å². The lowest BCUT2D eigenvalue weighted by Crippen LogP contribution is -2.14. The van der Waals surface area contributed by atoms with E-state index in [2.05, 4.69) is 30.4 Å². The molecule has 33 heavy (non-hydrogen) atoms. The second-order valence-electron chi connectivity index (χ2n) is 6.99. The molecule has 11 heteroatoms. The number of rotatable bonds is 9. The zero-order valence-electron chi connectivity index (χ0n) is 17.7. The molecule has 164 valence electrons. The number of benzene rings is 2. The maximum Gasteiger partial charge on any atom is 0.228 e. The number of azide groups is 2. The molecule has 0 spiro atoms. The minimum Gasteiger partial charge on any atom is -0.331 e. The van der Waals surface area contributed by atoms with Gasteiger partial charge in [-0.15, -0.1) is 0 Å². The maximum absolute atomic E-state index is 12.5. The summed E-state index contributed by atoms with van der Waals surface area (Å²) in [4.78, 5) is 34.1. The number of carbonyl (C=O) groups is 2. The van der Waals surface area contributed by atoms with Gasteiger partial charge in [-0.1, -0.05) is 40.6 Å². The van der Waals surface area contributed by atoms with Crippen molar-refractivity contribution in [2.75, 3.05) is 5.32 Å². The van der Waals surface area contributed by atoms with E-state index in [9.17, 15) is 9.59 Å². The predicted molar refractivity (Wildman–Crippen MR) is 123 cm³/mol. The van der Waals surface area contributed by atoms with E-state index in [4.69, 9.17) is 11.1 Å². The molecule has 0 bridgehead atoms. The van der Waals surface area contributed by atoms with Crippen LogP contribution in [0.5, 0.6) is 0 Å². The first-order valence-corrected chi connectivity index (χ1v) is 9.77. The Morgan fingerprint density at radius 1 is 1.12 bits per heavy atom. The van der Waals surface area contributed by atoms with E-state index >= 15 is 0 Å². The van der Waals surface area contributed by atoms with Crippen LogP contribution in [0.4, 0.5) is 11.4 Å². The minimum atomic E-state index is -0.268. The van der Waals surface area contributed by atoms with Crippen molar-refractivity contribution in [2.24, 2.45) is 17.3 Å². The number of hydrogen-bond donors (Lipinski definition) is 1. The highest BCUT2D eigenvalue weighted by atomic mass is 16.1. The normalized spacial score (nSPS) is 10.3. The van der Waals surface area contributed by atoms with Crippen molar-refractivity contribution >= 4 is 29.1 Å². The van der Waals surface area contributed by atoms with E-state index in [-0.39, 0.29) is 24.7 Å². The Hall–Kier alpha value is -4.85. The van der Waals surface area contributed by atoms with Crippen molar-refractivity contribution in [2.45, 2.75) is 13.0 Å². The standard InChI is InChI=1S/C22H19N9O2/c1-31-9-8-25-22(31)20(32)7-6-15-2-4-16(5-3-15)12-21(33)27-18-10-17(14-26-29-23)11-19(13-18)28-30-24/h2-11,13H,12,14H2,1H3,(H,27,33). The summed E-state index contributed by atoms with van der Waals surface area (Å²) in [6.07, 6.45) is 6.53. The molecule has 1 heterocycles. The fraction of sp³-hybridized carbons (Fsp3) is 0.136. The first-order valence-electron chi connectivity index (χ1n) is 9.77. The average Bonchev–Trinajstić information content (AvgIpc) is 3.23. The molecule has 3 rings (SSSR count). The molecule has 0 saturated heterocycles. The highest BCUT2D eigenvalue weighted by Gasteiger charge is 2.08. The van der Waals surface area contributed by atoms with Gasteiger partial charge < -0.3 is 9.88 Å². The SMILES string of the molecule is Cn1ccnc1C(=O)C=Cc1ccc(CC(=O)Nc2cc(CN=[N+]=[N-])cc(N=[N+]=[N-])c2)cc1. The lowest BCUT2D eigenvalue weighted by molar-refractivity contribution is -0.115. The number of nitrogens with one attached hydrogen (secondary N) is 1. The van der Waals surface area contributed by atoms with Crippen LogP contribution in [-0.2, 0) is 24.8 Å². The summed E-state index contributed by atoms with van der Waals surface area (Å²) in [5, 5.41) is 9.79. The van der Waals surface area contributed by atoms with Gasteiger partial charge in [-0.05, 0) is 52.0 Å². The number of allylic oxidation sites excluding steroid dienone is 1. The first kappa shape index (κ1) is 22.8. The zero-order valence-corrected chi connectivity index (χ0v) is 17.7. The van der Waals surface area contributed by atoms with Crippen LogP contribution in [0.1, 0.15) is 27.3 Å². The highest BCUT2D eigenvalue weighted by molar-refractivity contribution is 6.04. The van der Waals surface area contributed by atoms with Gasteiger partial charge >= 0.3 is 0 Å². The lowest BCUT2D eigenvalue weighted by Gasteiger charge is -2.08. The molecule has 0 fully saturated rings. The third-order valence-corrected chi connectivity index (χ3v) is 4.55. The Labute approximate surface area is 188 Å². The van der Waals surface area contributed by atoms with Crippen molar-refractivity contribution in [1.82, 2.24) is 9.55 Å². The molecule has 1 aromatic heterocycles. The predicted octanol–water partition coefficient (Wildman–Crippen LogP) is 5.25. The number of hydrogen-bond acceptors (Lipinski definition) is 5. The Morgan fingerprint density at radius 2 is 1.91 bits per heavy atom. The molecule has 0 unspecified atom stereocenters. The molecular formula is C22H19N9O2. The van der Waals surface area contributed by atoms with Crippen LogP contribution in [0.15, 0.2) is 71.2 Å². The second kappa shape index (κ2) is 11.0. The largest absolute Gasteiger partial charge is 0.331 e. The van der Waals surface area contributed by atoms with Crippen molar-refractivity contribution in [3.63, 3.8) is 0 Å². The summed E-state index contributed by atoms with van der Waals surface area (Å²) >= 11 is 0. The zero-order chi connectivity index (χ0) is 23.6. The summed E-state index contributed by atoms with van der Waals surface area (Å²) in [7, 11) is 1.75. The lowest BCUT2D eigenvalue weighted by atomic mass is 10.1. The maximum atomic E-state index is 12.5. The van der Waals surface area contributed by atoms with Crippen LogP contribution >= 0.6 is 0 Å². The van der Waals surface area contributed by atoms with E-state index in [1.807, 2.05) is 12.1 Å². The summed E-state index contributed by atoms with van der Waals surface area (Å²) in [5.74, 6) is -0.114. The number of ketones is 1. The Kier molecular flexibility index (Phi) is 7.58. The Morgan fingerprint density at radius 3 is 2.58 bits per heavy atom. The molecule has 1 N–H and O–H groups in total. The first-order chi connectivity index (χ1) is 16.0. The van der Waals surface area contributed by atoms with Gasteiger partial charge in [-0.3, -0.25) is 9.59 Å². The highest BCUT2D eigenvalue weighted by Crippen LogP contribution is 2.23. The Balaban J connectivity index is 1.64. The third-order valence-electron chi connectivity index (χ3n) is 4.55. The molecule has 0 radical (unpaired) electrons. The van der Waals surface area contributed by atoms with Gasteiger partial charge in [-0.2, -0.15) is 0 Å². The minimum absolute atomic E-state index is 0.0613. The van der Waals surface area contributed by atoms with Crippen molar-refractivity contribution in [3.8, 4) is 0 Å². The monoisotopic (exact) mass is 441 g/mol. The van der Waals surface area contributed by atoms with E-state index in [1.54, 1.807) is 54.3 Å². The number of nitrogens with zero attached hydrogens (tertiary/aromatic N) is 8. The summed E-state index contributed by atoms with van der Waals surface area (Å²) < 4.78 is 1.65. The van der Waals surface area contributed by atoms with Crippen LogP contribution in [0.3, 0.4) is 0 Å². The van der Waals surface area contributed by atoms with E-state index in [0.717, 1.165) is 11.1 Å². The summed E-state index contributed by atoms with van der Waals surface area (Å²) in [6.45, 7) is 0.0613. The van der Waals surface area contributed by atoms with Crippen LogP contribution in [0.2, 0.25) is 0 Å². The van der Waals surface area contributed by atoms with Gasteiger partial charge in [-0.25, -0.2) is 4.98 Å². The van der Waals surface area contributed by atoms with Crippen LogP contribution in [0.25, 0.3) is 27.0 Å². The summed E-state index contributed by atoms with van der Waals surface area (Å²) in [6, 6.07) is 12.0. The van der Waals surface area contributed by atoms with Crippen LogP contribution < -0.4 is 5.32 Å². The van der Waals surface area contributed by atoms with Crippen molar-refractivity contribution < 1.29 is 9.59 Å². The van der Waals surface area contributed by atoms with Crippen molar-refractivity contribution in [1.29, 1.82) is 0 Å². The number of amides is 1. The van der Waals surface area contributed by atoms with E-state index in [1.165, 1.54) is 12.1 Å². The number of imidazole rings is 1. The van der Waals surface area contributed by atoms with Gasteiger partial charge in [0.25, 0.3) is 0 Å². The van der Waals surface area contributed by atoms with Gasteiger partial charge in [0.1, 0.15) is 0 Å². The van der Waals surface area contributed by atoms with Gasteiger partial charge in [0.2, 0.25) is 11.7 Å². The van der Waals surface area contributed by atoms with Gasteiger partial charge in [0.05, 0.1) is 13.0 Å². The number of aromatic nitrogens is 2. The molecule has 0 aliphatic rings. The van der Waals surface area contributed by atoms with Gasteiger partial charge in [0.15, 0.2) is 5.82 Å². The Bertz CT molecular complexity index is 1300. The molecule has 11 nitrogen and oxygen atoms in total. The molecule has 0 saturated carbocycles. The number of aryl methyl sites for hydroxylation is 1. The summed E-state index contributed by atoms with van der Waals surface area (Å²) in [5.41, 5.74) is 20.1. The van der Waals surface area contributed by atoms with Crippen LogP contribution in [-0.4, -0.2) is 21.2 Å². The van der Waals surface area contributed by atoms with Gasteiger partial charge in [0, 0.05) is 40.6 Å². The molecule has 0 aliphatic carbocycles. The molecule has 0 aliphatic heterocycles. The fourth-order valence-corrected chi connectivity index (χ4v) is 3.05. The number of anilines is 1. The fourth-order valence-electron chi connectivity index (χ4n) is 3.05.